The maximum atomic E-state index is 11.5. The first-order valence-corrected chi connectivity index (χ1v) is 7.44. The minimum atomic E-state index is -0.661. The molecule has 1 heterocycles. The molecule has 6 nitrogen and oxygen atoms in total. The lowest BCUT2D eigenvalue weighted by Gasteiger charge is -1.99. The predicted octanol–water partition coefficient (Wildman–Crippen LogP) is 2.51. The fraction of sp³-hybridized carbons (Fsp3) is 0.200. The topological polar surface area (TPSA) is 87.9 Å². The van der Waals surface area contributed by atoms with Crippen LogP contribution in [0.4, 0.5) is 5.13 Å². The molecule has 1 aromatic heterocycles. The van der Waals surface area contributed by atoms with E-state index >= 15 is 0 Å². The summed E-state index contributed by atoms with van der Waals surface area (Å²) in [6.07, 6.45) is 1.97. The Morgan fingerprint density at radius 1 is 1.41 bits per heavy atom. The summed E-state index contributed by atoms with van der Waals surface area (Å²) < 4.78 is 4.77. The van der Waals surface area contributed by atoms with Gasteiger partial charge in [-0.3, -0.25) is 0 Å². The van der Waals surface area contributed by atoms with Crippen molar-refractivity contribution >= 4 is 22.4 Å². The molecule has 0 fully saturated rings. The van der Waals surface area contributed by atoms with Gasteiger partial charge >= 0.3 is 5.97 Å². The number of nitrogens with zero attached hydrogens (tertiary/aromatic N) is 3. The van der Waals surface area contributed by atoms with Crippen LogP contribution in [0.1, 0.15) is 17.5 Å². The molecular weight excluding hydrogens is 300 g/mol. The molecule has 0 saturated carbocycles. The molecule has 0 amide bonds. The van der Waals surface area contributed by atoms with Crippen LogP contribution in [0.25, 0.3) is 0 Å². The van der Waals surface area contributed by atoms with Gasteiger partial charge in [0.25, 0.3) is 0 Å². The van der Waals surface area contributed by atoms with Crippen molar-refractivity contribution in [3.8, 4) is 6.07 Å². The number of hydrogen-bond donors (Lipinski definition) is 1. The monoisotopic (exact) mass is 314 g/mol. The number of aromatic nitrogens is 2. The fourth-order valence-electron chi connectivity index (χ4n) is 1.63. The zero-order valence-electron chi connectivity index (χ0n) is 11.9. The number of esters is 1. The van der Waals surface area contributed by atoms with E-state index in [1.165, 1.54) is 17.5 Å². The van der Waals surface area contributed by atoms with Crippen molar-refractivity contribution in [2.24, 2.45) is 0 Å². The molecule has 0 unspecified atom stereocenters. The van der Waals surface area contributed by atoms with Crippen LogP contribution in [0, 0.1) is 11.3 Å². The molecule has 2 rings (SSSR count). The highest BCUT2D eigenvalue weighted by Gasteiger charge is 2.10. The van der Waals surface area contributed by atoms with Crippen molar-refractivity contribution in [2.45, 2.75) is 13.3 Å². The van der Waals surface area contributed by atoms with Crippen LogP contribution in [0.15, 0.2) is 42.1 Å². The molecule has 0 aliphatic rings. The second kappa shape index (κ2) is 7.90. The quantitative estimate of drug-likeness (QED) is 0.501. The minimum Gasteiger partial charge on any atom is -0.462 e. The van der Waals surface area contributed by atoms with Gasteiger partial charge in [-0.1, -0.05) is 41.7 Å². The highest BCUT2D eigenvalue weighted by atomic mass is 32.1. The first kappa shape index (κ1) is 15.7. The Hall–Kier alpha value is -2.72. The third-order valence-electron chi connectivity index (χ3n) is 2.62. The molecule has 0 saturated heterocycles. The zero-order valence-corrected chi connectivity index (χ0v) is 12.8. The summed E-state index contributed by atoms with van der Waals surface area (Å²) in [5.74, 6) is -0.661. The van der Waals surface area contributed by atoms with Gasteiger partial charge in [-0.05, 0) is 12.5 Å². The SMILES string of the molecule is CCOC(=O)/C(C#N)=C/Nc1nnc(Cc2ccccc2)s1. The first-order chi connectivity index (χ1) is 10.7. The molecule has 0 radical (unpaired) electrons. The second-order valence-electron chi connectivity index (χ2n) is 4.20. The number of carbonyl (C=O) groups is 1. The molecule has 22 heavy (non-hydrogen) atoms. The van der Waals surface area contributed by atoms with Gasteiger partial charge in [0.1, 0.15) is 11.1 Å². The highest BCUT2D eigenvalue weighted by Crippen LogP contribution is 2.18. The Bertz CT molecular complexity index is 704. The smallest absolute Gasteiger partial charge is 0.350 e. The molecule has 0 aliphatic carbocycles. The minimum absolute atomic E-state index is 0.110. The number of nitrogens with one attached hydrogen (secondary N) is 1. The summed E-state index contributed by atoms with van der Waals surface area (Å²) in [4.78, 5) is 11.5. The number of ether oxygens (including phenoxy) is 1. The molecule has 0 atom stereocenters. The summed E-state index contributed by atoms with van der Waals surface area (Å²) in [6, 6.07) is 11.7. The standard InChI is InChI=1S/C15H14N4O2S/c1-2-21-14(20)12(9-16)10-17-15-19-18-13(22-15)8-11-6-4-3-5-7-11/h3-7,10H,2,8H2,1H3,(H,17,19)/b12-10+. The van der Waals surface area contributed by atoms with Crippen LogP contribution in [-0.2, 0) is 16.0 Å². The van der Waals surface area contributed by atoms with Gasteiger partial charge in [-0.2, -0.15) is 5.26 Å². The van der Waals surface area contributed by atoms with E-state index in [9.17, 15) is 4.79 Å². The van der Waals surface area contributed by atoms with E-state index in [-0.39, 0.29) is 12.2 Å². The van der Waals surface area contributed by atoms with E-state index in [2.05, 4.69) is 15.5 Å². The van der Waals surface area contributed by atoms with Crippen molar-refractivity contribution in [3.05, 3.63) is 52.7 Å². The number of carbonyl (C=O) groups excluding carboxylic acids is 1. The Morgan fingerprint density at radius 3 is 2.86 bits per heavy atom. The molecule has 0 spiro atoms. The number of hydrogen-bond acceptors (Lipinski definition) is 7. The largest absolute Gasteiger partial charge is 0.462 e. The van der Waals surface area contributed by atoms with Crippen LogP contribution < -0.4 is 5.32 Å². The van der Waals surface area contributed by atoms with E-state index in [1.54, 1.807) is 13.0 Å². The van der Waals surface area contributed by atoms with Gasteiger partial charge in [0.05, 0.1) is 6.61 Å². The molecule has 2 aromatic rings. The molecule has 7 heteroatoms. The van der Waals surface area contributed by atoms with E-state index in [0.29, 0.717) is 11.6 Å². The molecular formula is C15H14N4O2S. The van der Waals surface area contributed by atoms with Gasteiger partial charge in [-0.25, -0.2) is 4.79 Å². The van der Waals surface area contributed by atoms with Crippen molar-refractivity contribution in [3.63, 3.8) is 0 Å². The third-order valence-corrected chi connectivity index (χ3v) is 3.48. The summed E-state index contributed by atoms with van der Waals surface area (Å²) in [7, 11) is 0. The van der Waals surface area contributed by atoms with Crippen molar-refractivity contribution < 1.29 is 9.53 Å². The second-order valence-corrected chi connectivity index (χ2v) is 5.26. The lowest BCUT2D eigenvalue weighted by atomic mass is 10.2. The molecule has 1 N–H and O–H groups in total. The van der Waals surface area contributed by atoms with Crippen molar-refractivity contribution in [1.82, 2.24) is 10.2 Å². The van der Waals surface area contributed by atoms with Crippen LogP contribution in [-0.4, -0.2) is 22.8 Å². The summed E-state index contributed by atoms with van der Waals surface area (Å²) in [5.41, 5.74) is 1.03. The Balaban J connectivity index is 2.00. The average molecular weight is 314 g/mol. The lowest BCUT2D eigenvalue weighted by Crippen LogP contribution is -2.07. The first-order valence-electron chi connectivity index (χ1n) is 6.63. The molecule has 1 aromatic carbocycles. The Morgan fingerprint density at radius 2 is 2.18 bits per heavy atom. The molecule has 112 valence electrons. The third kappa shape index (κ3) is 4.40. The number of anilines is 1. The number of rotatable bonds is 6. The maximum Gasteiger partial charge on any atom is 0.350 e. The van der Waals surface area contributed by atoms with Gasteiger partial charge in [0.2, 0.25) is 5.13 Å². The Labute approximate surface area is 132 Å². The molecule has 0 bridgehead atoms. The van der Waals surface area contributed by atoms with E-state index in [4.69, 9.17) is 10.00 Å². The van der Waals surface area contributed by atoms with Crippen LogP contribution in [0.2, 0.25) is 0 Å². The van der Waals surface area contributed by atoms with Gasteiger partial charge < -0.3 is 10.1 Å². The van der Waals surface area contributed by atoms with Crippen LogP contribution >= 0.6 is 11.3 Å². The van der Waals surface area contributed by atoms with Crippen molar-refractivity contribution in [2.75, 3.05) is 11.9 Å². The summed E-state index contributed by atoms with van der Waals surface area (Å²) in [6.45, 7) is 1.90. The van der Waals surface area contributed by atoms with E-state index in [1.807, 2.05) is 30.3 Å². The molecule has 0 aliphatic heterocycles. The number of nitriles is 1. The van der Waals surface area contributed by atoms with E-state index < -0.39 is 5.97 Å². The van der Waals surface area contributed by atoms with Gasteiger partial charge in [0, 0.05) is 12.6 Å². The van der Waals surface area contributed by atoms with E-state index in [0.717, 1.165) is 10.6 Å². The average Bonchev–Trinajstić information content (AvgIpc) is 2.97. The van der Waals surface area contributed by atoms with Gasteiger partial charge in [0.15, 0.2) is 5.57 Å². The number of benzene rings is 1. The van der Waals surface area contributed by atoms with Crippen molar-refractivity contribution in [1.29, 1.82) is 5.26 Å². The van der Waals surface area contributed by atoms with Crippen LogP contribution in [0.5, 0.6) is 0 Å². The summed E-state index contributed by atoms with van der Waals surface area (Å²) in [5, 5.41) is 21.1. The predicted molar refractivity (Wildman–Crippen MR) is 83.1 cm³/mol. The fourth-order valence-corrected chi connectivity index (χ4v) is 2.38. The maximum absolute atomic E-state index is 11.5. The van der Waals surface area contributed by atoms with Gasteiger partial charge in [-0.15, -0.1) is 10.2 Å². The normalized spacial score (nSPS) is 10.8. The zero-order chi connectivity index (χ0) is 15.8. The lowest BCUT2D eigenvalue weighted by molar-refractivity contribution is -0.138. The highest BCUT2D eigenvalue weighted by molar-refractivity contribution is 7.15. The summed E-state index contributed by atoms with van der Waals surface area (Å²) >= 11 is 1.37. The Kier molecular flexibility index (Phi) is 5.63. The van der Waals surface area contributed by atoms with Crippen LogP contribution in [0.3, 0.4) is 0 Å².